The van der Waals surface area contributed by atoms with E-state index < -0.39 is 9.84 Å². The molecule has 0 radical (unpaired) electrons. The highest BCUT2D eigenvalue weighted by Gasteiger charge is 2.10. The summed E-state index contributed by atoms with van der Waals surface area (Å²) < 4.78 is 25.0. The van der Waals surface area contributed by atoms with Crippen molar-refractivity contribution in [1.29, 1.82) is 0 Å². The van der Waals surface area contributed by atoms with Crippen LogP contribution in [-0.4, -0.2) is 19.2 Å². The topological polar surface area (TPSA) is 39.1 Å². The van der Waals surface area contributed by atoms with Gasteiger partial charge in [-0.1, -0.05) is 12.1 Å². The van der Waals surface area contributed by atoms with Crippen LogP contribution in [0.5, 0.6) is 0 Å². The molecule has 2 aromatic rings. The molecule has 0 aliphatic rings. The third-order valence-corrected chi connectivity index (χ3v) is 4.04. The van der Waals surface area contributed by atoms with E-state index in [1.807, 2.05) is 36.7 Å². The van der Waals surface area contributed by atoms with Gasteiger partial charge in [-0.25, -0.2) is 8.42 Å². The first-order valence-electron chi connectivity index (χ1n) is 5.32. The highest BCUT2D eigenvalue weighted by atomic mass is 32.2. The van der Waals surface area contributed by atoms with Gasteiger partial charge in [0.25, 0.3) is 0 Å². The Hall–Kier alpha value is -1.55. The fraction of sp³-hybridized carbons (Fsp3) is 0.231. The Bertz CT molecular complexity index is 654. The first kappa shape index (κ1) is 11.9. The SMILES string of the molecule is Cc1ccc(-c2cccc(S(C)(=O)=O)c2)n1C. The van der Waals surface area contributed by atoms with Crippen LogP contribution in [0.1, 0.15) is 5.69 Å². The second kappa shape index (κ2) is 4.04. The number of nitrogens with zero attached hydrogens (tertiary/aromatic N) is 1. The van der Waals surface area contributed by atoms with Crippen molar-refractivity contribution in [2.75, 3.05) is 6.26 Å². The van der Waals surface area contributed by atoms with E-state index in [1.165, 1.54) is 6.26 Å². The smallest absolute Gasteiger partial charge is 0.175 e. The lowest BCUT2D eigenvalue weighted by Crippen LogP contribution is -1.98. The zero-order chi connectivity index (χ0) is 12.6. The maximum absolute atomic E-state index is 11.5. The van der Waals surface area contributed by atoms with E-state index in [1.54, 1.807) is 18.2 Å². The molecule has 0 saturated carbocycles. The molecule has 90 valence electrons. The van der Waals surface area contributed by atoms with Crippen molar-refractivity contribution in [3.05, 3.63) is 42.1 Å². The van der Waals surface area contributed by atoms with Gasteiger partial charge in [-0.15, -0.1) is 0 Å². The molecule has 0 aliphatic heterocycles. The van der Waals surface area contributed by atoms with E-state index in [0.29, 0.717) is 4.90 Å². The molecule has 0 N–H and O–H groups in total. The van der Waals surface area contributed by atoms with Gasteiger partial charge in [-0.05, 0) is 36.8 Å². The van der Waals surface area contributed by atoms with E-state index >= 15 is 0 Å². The second-order valence-corrected chi connectivity index (χ2v) is 6.23. The van der Waals surface area contributed by atoms with Gasteiger partial charge in [0.15, 0.2) is 9.84 Å². The highest BCUT2D eigenvalue weighted by Crippen LogP contribution is 2.23. The summed E-state index contributed by atoms with van der Waals surface area (Å²) in [6, 6.07) is 11.0. The maximum Gasteiger partial charge on any atom is 0.175 e. The molecular weight excluding hydrogens is 234 g/mol. The Morgan fingerprint density at radius 2 is 1.82 bits per heavy atom. The molecule has 4 heteroatoms. The monoisotopic (exact) mass is 249 g/mol. The molecule has 0 unspecified atom stereocenters. The molecule has 1 heterocycles. The molecule has 1 aromatic carbocycles. The Balaban J connectivity index is 2.58. The number of hydrogen-bond acceptors (Lipinski definition) is 2. The molecule has 0 amide bonds. The first-order chi connectivity index (χ1) is 7.89. The zero-order valence-corrected chi connectivity index (χ0v) is 11.0. The van der Waals surface area contributed by atoms with Crippen LogP contribution in [-0.2, 0) is 16.9 Å². The summed E-state index contributed by atoms with van der Waals surface area (Å²) in [4.78, 5) is 0.355. The molecule has 2 rings (SSSR count). The quantitative estimate of drug-likeness (QED) is 0.820. The lowest BCUT2D eigenvalue weighted by atomic mass is 10.1. The predicted molar refractivity (Wildman–Crippen MR) is 68.7 cm³/mol. The van der Waals surface area contributed by atoms with Crippen molar-refractivity contribution >= 4 is 9.84 Å². The standard InChI is InChI=1S/C13H15NO2S/c1-10-7-8-13(14(10)2)11-5-4-6-12(9-11)17(3,15)16/h4-9H,1-3H3. The average Bonchev–Trinajstić information content (AvgIpc) is 2.59. The summed E-state index contributed by atoms with van der Waals surface area (Å²) in [6.07, 6.45) is 1.22. The molecule has 1 aromatic heterocycles. The van der Waals surface area contributed by atoms with Crippen LogP contribution in [0.2, 0.25) is 0 Å². The lowest BCUT2D eigenvalue weighted by molar-refractivity contribution is 0.602. The third-order valence-electron chi connectivity index (χ3n) is 2.93. The summed E-state index contributed by atoms with van der Waals surface area (Å²) in [5, 5.41) is 0. The number of hydrogen-bond donors (Lipinski definition) is 0. The molecule has 0 spiro atoms. The summed E-state index contributed by atoms with van der Waals surface area (Å²) in [7, 11) is -1.18. The predicted octanol–water partition coefficient (Wildman–Crippen LogP) is 2.40. The molecule has 0 aliphatic carbocycles. The Labute approximate surface area is 102 Å². The molecule has 0 saturated heterocycles. The number of benzene rings is 1. The van der Waals surface area contributed by atoms with E-state index in [0.717, 1.165) is 17.0 Å². The molecule has 0 fully saturated rings. The van der Waals surface area contributed by atoms with Crippen LogP contribution in [0.15, 0.2) is 41.3 Å². The summed E-state index contributed by atoms with van der Waals surface area (Å²) >= 11 is 0. The largest absolute Gasteiger partial charge is 0.348 e. The van der Waals surface area contributed by atoms with Gasteiger partial charge in [0.05, 0.1) is 4.90 Å². The van der Waals surface area contributed by atoms with Crippen LogP contribution in [0.3, 0.4) is 0 Å². The number of rotatable bonds is 2. The number of aromatic nitrogens is 1. The van der Waals surface area contributed by atoms with Crippen LogP contribution >= 0.6 is 0 Å². The second-order valence-electron chi connectivity index (χ2n) is 4.22. The van der Waals surface area contributed by atoms with Crippen LogP contribution < -0.4 is 0 Å². The molecule has 0 bridgehead atoms. The summed E-state index contributed by atoms with van der Waals surface area (Å²) in [5.41, 5.74) is 3.08. The van der Waals surface area contributed by atoms with Crippen LogP contribution in [0.4, 0.5) is 0 Å². The molecular formula is C13H15NO2S. The van der Waals surface area contributed by atoms with E-state index in [2.05, 4.69) is 0 Å². The van der Waals surface area contributed by atoms with Gasteiger partial charge in [-0.3, -0.25) is 0 Å². The van der Waals surface area contributed by atoms with Crippen LogP contribution in [0.25, 0.3) is 11.3 Å². The van der Waals surface area contributed by atoms with Crippen molar-refractivity contribution in [2.24, 2.45) is 7.05 Å². The van der Waals surface area contributed by atoms with Gasteiger partial charge in [0.2, 0.25) is 0 Å². The van der Waals surface area contributed by atoms with Crippen molar-refractivity contribution in [2.45, 2.75) is 11.8 Å². The Kier molecular flexibility index (Phi) is 2.83. The minimum absolute atomic E-state index is 0.355. The van der Waals surface area contributed by atoms with Crippen molar-refractivity contribution < 1.29 is 8.42 Å². The molecule has 3 nitrogen and oxygen atoms in total. The van der Waals surface area contributed by atoms with Gasteiger partial charge in [0, 0.05) is 24.7 Å². The van der Waals surface area contributed by atoms with Gasteiger partial charge >= 0.3 is 0 Å². The highest BCUT2D eigenvalue weighted by molar-refractivity contribution is 7.90. The molecule has 17 heavy (non-hydrogen) atoms. The van der Waals surface area contributed by atoms with Crippen LogP contribution in [0, 0.1) is 6.92 Å². The van der Waals surface area contributed by atoms with Gasteiger partial charge in [-0.2, -0.15) is 0 Å². The third kappa shape index (κ3) is 2.26. The Morgan fingerprint density at radius 3 is 2.35 bits per heavy atom. The number of aryl methyl sites for hydroxylation is 1. The molecule has 0 atom stereocenters. The van der Waals surface area contributed by atoms with E-state index in [4.69, 9.17) is 0 Å². The minimum Gasteiger partial charge on any atom is -0.348 e. The fourth-order valence-corrected chi connectivity index (χ4v) is 2.46. The lowest BCUT2D eigenvalue weighted by Gasteiger charge is -2.07. The minimum atomic E-state index is -3.15. The summed E-state index contributed by atoms with van der Waals surface area (Å²) in [6.45, 7) is 2.02. The van der Waals surface area contributed by atoms with Crippen molar-refractivity contribution in [3.8, 4) is 11.3 Å². The van der Waals surface area contributed by atoms with E-state index in [9.17, 15) is 8.42 Å². The average molecular weight is 249 g/mol. The van der Waals surface area contributed by atoms with Crippen molar-refractivity contribution in [3.63, 3.8) is 0 Å². The zero-order valence-electron chi connectivity index (χ0n) is 10.1. The summed E-state index contributed by atoms with van der Waals surface area (Å²) in [5.74, 6) is 0. The Morgan fingerprint density at radius 1 is 1.12 bits per heavy atom. The number of sulfone groups is 1. The fourth-order valence-electron chi connectivity index (χ4n) is 1.79. The van der Waals surface area contributed by atoms with Crippen molar-refractivity contribution in [1.82, 2.24) is 4.57 Å². The van der Waals surface area contributed by atoms with Gasteiger partial charge in [0.1, 0.15) is 0 Å². The van der Waals surface area contributed by atoms with E-state index in [-0.39, 0.29) is 0 Å². The normalized spacial score (nSPS) is 11.7. The van der Waals surface area contributed by atoms with Gasteiger partial charge < -0.3 is 4.57 Å². The maximum atomic E-state index is 11.5. The first-order valence-corrected chi connectivity index (χ1v) is 7.21.